The lowest BCUT2D eigenvalue weighted by Crippen LogP contribution is -2.54. The van der Waals surface area contributed by atoms with Gasteiger partial charge in [0.15, 0.2) is 0 Å². The van der Waals surface area contributed by atoms with Crippen LogP contribution in [0, 0.1) is 10.1 Å². The van der Waals surface area contributed by atoms with Crippen LogP contribution in [0.15, 0.2) is 78.9 Å². The van der Waals surface area contributed by atoms with Crippen LogP contribution in [0.2, 0.25) is 5.02 Å². The van der Waals surface area contributed by atoms with Crippen molar-refractivity contribution in [3.05, 3.63) is 105 Å². The van der Waals surface area contributed by atoms with Gasteiger partial charge < -0.3 is 10.2 Å². The van der Waals surface area contributed by atoms with Gasteiger partial charge in [0, 0.05) is 36.2 Å². The summed E-state index contributed by atoms with van der Waals surface area (Å²) < 4.78 is 26.4. The van der Waals surface area contributed by atoms with Crippen LogP contribution in [-0.4, -0.2) is 54.9 Å². The predicted octanol–water partition coefficient (Wildman–Crippen LogP) is 4.18. The van der Waals surface area contributed by atoms with Gasteiger partial charge in [-0.25, -0.2) is 8.42 Å². The van der Waals surface area contributed by atoms with Crippen LogP contribution in [0.1, 0.15) is 25.0 Å². The Morgan fingerprint density at radius 3 is 2.23 bits per heavy atom. The summed E-state index contributed by atoms with van der Waals surface area (Å²) in [6.07, 6.45) is 1.08. The number of hydrogen-bond donors (Lipinski definition) is 1. The van der Waals surface area contributed by atoms with E-state index < -0.39 is 39.3 Å². The molecule has 0 saturated carbocycles. The quantitative estimate of drug-likeness (QED) is 0.250. The third-order valence-electron chi connectivity index (χ3n) is 5.95. The molecule has 0 radical (unpaired) electrons. The molecule has 0 unspecified atom stereocenters. The molecule has 212 valence electrons. The zero-order chi connectivity index (χ0) is 29.4. The van der Waals surface area contributed by atoms with Gasteiger partial charge >= 0.3 is 0 Å². The van der Waals surface area contributed by atoms with Gasteiger partial charge in [0.2, 0.25) is 21.8 Å². The molecule has 3 aromatic rings. The summed E-state index contributed by atoms with van der Waals surface area (Å²) in [6, 6.07) is 19.8. The monoisotopic (exact) mass is 586 g/mol. The van der Waals surface area contributed by atoms with Crippen molar-refractivity contribution in [2.24, 2.45) is 0 Å². The number of carbonyl (C=O) groups is 2. The van der Waals surface area contributed by atoms with E-state index in [2.05, 4.69) is 5.32 Å². The van der Waals surface area contributed by atoms with Crippen LogP contribution in [-0.2, 0) is 32.6 Å². The molecule has 0 aliphatic heterocycles. The minimum absolute atomic E-state index is 0.0328. The van der Waals surface area contributed by atoms with Gasteiger partial charge in [0.1, 0.15) is 12.6 Å². The highest BCUT2D eigenvalue weighted by Crippen LogP contribution is 2.24. The Morgan fingerprint density at radius 2 is 1.62 bits per heavy atom. The standard InChI is InChI=1S/C28H31ClN4O6S/c1-20(2)30-28(35)26(16-21-9-5-4-6-10-21)31(18-22-11-7-12-23(29)15-22)27(34)19-32(40(3,38)39)24-13-8-14-25(17-24)33(36)37/h4-15,17,20,26H,16,18-19H2,1-3H3,(H,30,35)/t26-/m1/s1. The van der Waals surface area contributed by atoms with Crippen LogP contribution >= 0.6 is 11.6 Å². The molecular formula is C28H31ClN4O6S. The molecule has 0 aromatic heterocycles. The number of benzene rings is 3. The summed E-state index contributed by atoms with van der Waals surface area (Å²) in [7, 11) is -4.05. The van der Waals surface area contributed by atoms with Gasteiger partial charge in [0.25, 0.3) is 5.69 Å². The van der Waals surface area contributed by atoms with Crippen molar-refractivity contribution in [3.63, 3.8) is 0 Å². The first-order chi connectivity index (χ1) is 18.8. The number of nitrogens with one attached hydrogen (secondary N) is 1. The van der Waals surface area contributed by atoms with Crippen molar-refractivity contribution in [2.75, 3.05) is 17.1 Å². The number of amides is 2. The van der Waals surface area contributed by atoms with Crippen LogP contribution in [0.5, 0.6) is 0 Å². The molecule has 0 saturated heterocycles. The normalized spacial score (nSPS) is 12.0. The number of rotatable bonds is 12. The third kappa shape index (κ3) is 8.52. The fourth-order valence-electron chi connectivity index (χ4n) is 4.14. The van der Waals surface area contributed by atoms with E-state index in [4.69, 9.17) is 11.6 Å². The summed E-state index contributed by atoms with van der Waals surface area (Å²) in [4.78, 5) is 39.5. The molecule has 3 rings (SSSR count). The summed E-state index contributed by atoms with van der Waals surface area (Å²) >= 11 is 6.19. The number of hydrogen-bond acceptors (Lipinski definition) is 6. The highest BCUT2D eigenvalue weighted by molar-refractivity contribution is 7.92. The number of non-ortho nitro benzene ring substituents is 1. The van der Waals surface area contributed by atoms with Crippen molar-refractivity contribution in [1.29, 1.82) is 0 Å². The van der Waals surface area contributed by atoms with E-state index in [0.717, 1.165) is 22.2 Å². The lowest BCUT2D eigenvalue weighted by molar-refractivity contribution is -0.384. The van der Waals surface area contributed by atoms with E-state index in [0.29, 0.717) is 10.6 Å². The number of nitro groups is 1. The van der Waals surface area contributed by atoms with Gasteiger partial charge in [0.05, 0.1) is 16.9 Å². The molecule has 1 atom stereocenters. The number of carbonyl (C=O) groups excluding carboxylic acids is 2. The zero-order valence-electron chi connectivity index (χ0n) is 22.4. The first kappa shape index (κ1) is 30.6. The summed E-state index contributed by atoms with van der Waals surface area (Å²) in [5, 5.41) is 14.6. The minimum Gasteiger partial charge on any atom is -0.352 e. The SMILES string of the molecule is CC(C)NC(=O)[C@@H](Cc1ccccc1)N(Cc1cccc(Cl)c1)C(=O)CN(c1cccc([N+](=O)[O-])c1)S(C)(=O)=O. The van der Waals surface area contributed by atoms with Crippen molar-refractivity contribution in [3.8, 4) is 0 Å². The van der Waals surface area contributed by atoms with Gasteiger partial charge in [-0.15, -0.1) is 0 Å². The Hall–Kier alpha value is -3.96. The van der Waals surface area contributed by atoms with Crippen LogP contribution < -0.4 is 9.62 Å². The predicted molar refractivity (Wildman–Crippen MR) is 155 cm³/mol. The molecule has 12 heteroatoms. The number of sulfonamides is 1. The number of nitro benzene ring substituents is 1. The maximum Gasteiger partial charge on any atom is 0.271 e. The molecule has 40 heavy (non-hydrogen) atoms. The molecule has 0 spiro atoms. The molecule has 0 fully saturated rings. The van der Waals surface area contributed by atoms with E-state index in [-0.39, 0.29) is 30.4 Å². The lowest BCUT2D eigenvalue weighted by Gasteiger charge is -2.34. The van der Waals surface area contributed by atoms with E-state index >= 15 is 0 Å². The fraction of sp³-hybridized carbons (Fsp3) is 0.286. The third-order valence-corrected chi connectivity index (χ3v) is 7.33. The Balaban J connectivity index is 2.07. The van der Waals surface area contributed by atoms with Gasteiger partial charge in [-0.2, -0.15) is 0 Å². The number of anilines is 1. The van der Waals surface area contributed by atoms with Crippen molar-refractivity contribution < 1.29 is 22.9 Å². The van der Waals surface area contributed by atoms with E-state index in [1.54, 1.807) is 38.1 Å². The molecule has 2 amide bonds. The first-order valence-corrected chi connectivity index (χ1v) is 14.7. The Morgan fingerprint density at radius 1 is 0.975 bits per heavy atom. The lowest BCUT2D eigenvalue weighted by atomic mass is 10.0. The zero-order valence-corrected chi connectivity index (χ0v) is 23.9. The second kappa shape index (κ2) is 13.4. The maximum absolute atomic E-state index is 14.0. The van der Waals surface area contributed by atoms with Gasteiger partial charge in [-0.1, -0.05) is 60.1 Å². The molecule has 1 N–H and O–H groups in total. The summed E-state index contributed by atoms with van der Waals surface area (Å²) in [5.41, 5.74) is 1.07. The Kier molecular flexibility index (Phi) is 10.2. The minimum atomic E-state index is -4.05. The largest absolute Gasteiger partial charge is 0.352 e. The summed E-state index contributed by atoms with van der Waals surface area (Å²) in [5.74, 6) is -1.08. The Bertz CT molecular complexity index is 1470. The molecule has 0 bridgehead atoms. The van der Waals surface area contributed by atoms with Crippen molar-refractivity contribution in [2.45, 2.75) is 38.9 Å². The van der Waals surface area contributed by atoms with E-state index in [9.17, 15) is 28.1 Å². The average molecular weight is 587 g/mol. The second-order valence-corrected chi connectivity index (χ2v) is 11.9. The van der Waals surface area contributed by atoms with Crippen molar-refractivity contribution >= 4 is 44.8 Å². The van der Waals surface area contributed by atoms with E-state index in [1.807, 2.05) is 30.3 Å². The van der Waals surface area contributed by atoms with Crippen LogP contribution in [0.3, 0.4) is 0 Å². The summed E-state index contributed by atoms with van der Waals surface area (Å²) in [6.45, 7) is 2.89. The second-order valence-electron chi connectivity index (χ2n) is 9.57. The Labute approximate surface area is 238 Å². The molecule has 0 aliphatic rings. The van der Waals surface area contributed by atoms with Gasteiger partial charge in [-0.05, 0) is 43.2 Å². The number of nitrogens with zero attached hydrogens (tertiary/aromatic N) is 3. The average Bonchev–Trinajstić information content (AvgIpc) is 2.88. The molecule has 3 aromatic carbocycles. The first-order valence-electron chi connectivity index (χ1n) is 12.5. The number of halogens is 1. The van der Waals surface area contributed by atoms with E-state index in [1.165, 1.54) is 23.1 Å². The molecule has 0 heterocycles. The maximum atomic E-state index is 14.0. The van der Waals surface area contributed by atoms with Gasteiger partial charge in [-0.3, -0.25) is 24.0 Å². The van der Waals surface area contributed by atoms with Crippen LogP contribution in [0.4, 0.5) is 11.4 Å². The highest BCUT2D eigenvalue weighted by Gasteiger charge is 2.33. The van der Waals surface area contributed by atoms with Crippen molar-refractivity contribution in [1.82, 2.24) is 10.2 Å². The molecular weight excluding hydrogens is 556 g/mol. The highest BCUT2D eigenvalue weighted by atomic mass is 35.5. The smallest absolute Gasteiger partial charge is 0.271 e. The van der Waals surface area contributed by atoms with Crippen LogP contribution in [0.25, 0.3) is 0 Å². The topological polar surface area (TPSA) is 130 Å². The molecule has 10 nitrogen and oxygen atoms in total. The fourth-order valence-corrected chi connectivity index (χ4v) is 5.20. The molecule has 0 aliphatic carbocycles.